The van der Waals surface area contributed by atoms with E-state index in [4.69, 9.17) is 15.9 Å². The van der Waals surface area contributed by atoms with Gasteiger partial charge in [-0.05, 0) is 54.8 Å². The zero-order valence-corrected chi connectivity index (χ0v) is 10.8. The summed E-state index contributed by atoms with van der Waals surface area (Å²) in [7, 11) is 0. The van der Waals surface area contributed by atoms with Crippen LogP contribution in [0, 0.1) is 5.41 Å². The van der Waals surface area contributed by atoms with Gasteiger partial charge >= 0.3 is 0 Å². The van der Waals surface area contributed by atoms with Crippen molar-refractivity contribution in [2.45, 2.75) is 4.90 Å². The molecule has 0 aliphatic rings. The van der Waals surface area contributed by atoms with Gasteiger partial charge in [0, 0.05) is 10.5 Å². The molecule has 0 unspecified atom stereocenters. The third kappa shape index (κ3) is 3.05. The first-order valence-corrected chi connectivity index (χ1v) is 6.68. The van der Waals surface area contributed by atoms with E-state index >= 15 is 0 Å². The first kappa shape index (κ1) is 12.5. The Bertz CT molecular complexity index is 535. The molecule has 92 valence electrons. The number of nitrogen functional groups attached to an aromatic ring is 1. The van der Waals surface area contributed by atoms with Crippen LogP contribution in [0.1, 0.15) is 5.56 Å². The minimum Gasteiger partial charge on any atom is -0.457 e. The van der Waals surface area contributed by atoms with Crippen LogP contribution in [0.2, 0.25) is 0 Å². The molecule has 3 N–H and O–H groups in total. The van der Waals surface area contributed by atoms with Gasteiger partial charge in [-0.25, -0.2) is 0 Å². The van der Waals surface area contributed by atoms with Gasteiger partial charge in [0.25, 0.3) is 0 Å². The van der Waals surface area contributed by atoms with E-state index in [-0.39, 0.29) is 5.84 Å². The number of ether oxygens (including phenoxy) is 1. The van der Waals surface area contributed by atoms with E-state index in [1.165, 1.54) is 4.90 Å². The second-order valence-electron chi connectivity index (χ2n) is 3.72. The average molecular weight is 258 g/mol. The lowest BCUT2D eigenvalue weighted by atomic mass is 10.2. The van der Waals surface area contributed by atoms with Crippen LogP contribution in [0.4, 0.5) is 0 Å². The fourth-order valence-corrected chi connectivity index (χ4v) is 1.89. The zero-order valence-electron chi connectivity index (χ0n) is 10.0. The Kier molecular flexibility index (Phi) is 3.89. The molecule has 0 saturated carbocycles. The van der Waals surface area contributed by atoms with E-state index in [1.54, 1.807) is 36.0 Å². The van der Waals surface area contributed by atoms with E-state index in [9.17, 15) is 0 Å². The standard InChI is InChI=1S/C14H14N2OS/c1-18-13-8-6-12(7-9-13)17-11-4-2-10(3-5-11)14(15)16/h2-9H,1H3,(H3,15,16). The molecule has 18 heavy (non-hydrogen) atoms. The van der Waals surface area contributed by atoms with Crippen LogP contribution >= 0.6 is 11.8 Å². The molecule has 0 radical (unpaired) electrons. The minimum absolute atomic E-state index is 0.0610. The van der Waals surface area contributed by atoms with E-state index < -0.39 is 0 Å². The van der Waals surface area contributed by atoms with E-state index in [2.05, 4.69) is 0 Å². The summed E-state index contributed by atoms with van der Waals surface area (Å²) < 4.78 is 5.69. The molecule has 2 aromatic carbocycles. The molecule has 0 amide bonds. The molecule has 0 aromatic heterocycles. The van der Waals surface area contributed by atoms with Crippen molar-refractivity contribution >= 4 is 17.6 Å². The van der Waals surface area contributed by atoms with E-state index in [0.717, 1.165) is 11.5 Å². The van der Waals surface area contributed by atoms with Crippen molar-refractivity contribution in [1.29, 1.82) is 5.41 Å². The average Bonchev–Trinajstić information content (AvgIpc) is 2.40. The highest BCUT2D eigenvalue weighted by atomic mass is 32.2. The van der Waals surface area contributed by atoms with Crippen molar-refractivity contribution in [1.82, 2.24) is 0 Å². The van der Waals surface area contributed by atoms with Gasteiger partial charge in [0.05, 0.1) is 0 Å². The Morgan fingerprint density at radius 1 is 1.00 bits per heavy atom. The summed E-state index contributed by atoms with van der Waals surface area (Å²) in [6.07, 6.45) is 2.04. The van der Waals surface area contributed by atoms with Crippen molar-refractivity contribution in [2.24, 2.45) is 5.73 Å². The summed E-state index contributed by atoms with van der Waals surface area (Å²) in [4.78, 5) is 1.20. The number of amidine groups is 1. The highest BCUT2D eigenvalue weighted by molar-refractivity contribution is 7.98. The van der Waals surface area contributed by atoms with Crippen LogP contribution in [-0.4, -0.2) is 12.1 Å². The van der Waals surface area contributed by atoms with Crippen molar-refractivity contribution in [3.05, 3.63) is 54.1 Å². The maximum absolute atomic E-state index is 7.31. The second kappa shape index (κ2) is 5.60. The summed E-state index contributed by atoms with van der Waals surface area (Å²) in [5, 5.41) is 7.31. The predicted octanol–water partition coefficient (Wildman–Crippen LogP) is 3.48. The molecule has 0 aliphatic heterocycles. The zero-order chi connectivity index (χ0) is 13.0. The molecule has 0 spiro atoms. The Labute approximate surface area is 110 Å². The molecule has 0 heterocycles. The van der Waals surface area contributed by atoms with Crippen molar-refractivity contribution in [3.8, 4) is 11.5 Å². The molecule has 4 heteroatoms. The quantitative estimate of drug-likeness (QED) is 0.501. The summed E-state index contributed by atoms with van der Waals surface area (Å²) in [5.41, 5.74) is 6.08. The number of rotatable bonds is 4. The lowest BCUT2D eigenvalue weighted by Gasteiger charge is -2.07. The third-order valence-electron chi connectivity index (χ3n) is 2.46. The van der Waals surface area contributed by atoms with E-state index in [0.29, 0.717) is 5.56 Å². The number of thioether (sulfide) groups is 1. The fraction of sp³-hybridized carbons (Fsp3) is 0.0714. The molecule has 0 fully saturated rings. The number of nitrogens with two attached hydrogens (primary N) is 1. The first-order valence-electron chi connectivity index (χ1n) is 5.45. The normalized spacial score (nSPS) is 10.1. The van der Waals surface area contributed by atoms with Crippen LogP contribution in [0.5, 0.6) is 11.5 Å². The maximum Gasteiger partial charge on any atom is 0.127 e. The van der Waals surface area contributed by atoms with Gasteiger partial charge < -0.3 is 10.5 Å². The molecule has 0 saturated heterocycles. The summed E-state index contributed by atoms with van der Waals surface area (Å²) in [6, 6.07) is 15.1. The van der Waals surface area contributed by atoms with Crippen molar-refractivity contribution < 1.29 is 4.74 Å². The SMILES string of the molecule is CSc1ccc(Oc2ccc(C(=N)N)cc2)cc1. The monoisotopic (exact) mass is 258 g/mol. The van der Waals surface area contributed by atoms with Gasteiger partial charge in [-0.2, -0.15) is 0 Å². The number of hydrogen-bond donors (Lipinski definition) is 2. The highest BCUT2D eigenvalue weighted by Gasteiger charge is 1.99. The van der Waals surface area contributed by atoms with Crippen LogP contribution in [-0.2, 0) is 0 Å². The van der Waals surface area contributed by atoms with Crippen molar-refractivity contribution in [3.63, 3.8) is 0 Å². The molecule has 0 atom stereocenters. The Hall–Kier alpha value is -1.94. The summed E-state index contributed by atoms with van der Waals surface area (Å²) in [6.45, 7) is 0. The molecule has 3 nitrogen and oxygen atoms in total. The van der Waals surface area contributed by atoms with Crippen LogP contribution in [0.25, 0.3) is 0 Å². The molecule has 0 aliphatic carbocycles. The van der Waals surface area contributed by atoms with Gasteiger partial charge in [0.2, 0.25) is 0 Å². The molecule has 0 bridgehead atoms. The number of nitrogens with one attached hydrogen (secondary N) is 1. The van der Waals surface area contributed by atoms with Crippen LogP contribution in [0.15, 0.2) is 53.4 Å². The van der Waals surface area contributed by atoms with Gasteiger partial charge in [-0.15, -0.1) is 11.8 Å². The van der Waals surface area contributed by atoms with Crippen molar-refractivity contribution in [2.75, 3.05) is 6.26 Å². The fourth-order valence-electron chi connectivity index (χ4n) is 1.48. The van der Waals surface area contributed by atoms with E-state index in [1.807, 2.05) is 30.5 Å². The molecule has 2 aromatic rings. The summed E-state index contributed by atoms with van der Waals surface area (Å²) >= 11 is 1.70. The molecular weight excluding hydrogens is 244 g/mol. The van der Waals surface area contributed by atoms with Gasteiger partial charge in [-0.3, -0.25) is 5.41 Å². The first-order chi connectivity index (χ1) is 8.69. The largest absolute Gasteiger partial charge is 0.457 e. The molecular formula is C14H14N2OS. The lowest BCUT2D eigenvalue weighted by molar-refractivity contribution is 0.482. The topological polar surface area (TPSA) is 59.1 Å². The van der Waals surface area contributed by atoms with Gasteiger partial charge in [0.1, 0.15) is 17.3 Å². The Morgan fingerprint density at radius 3 is 1.94 bits per heavy atom. The Balaban J connectivity index is 2.10. The highest BCUT2D eigenvalue weighted by Crippen LogP contribution is 2.24. The molecule has 2 rings (SSSR count). The number of hydrogen-bond acceptors (Lipinski definition) is 3. The predicted molar refractivity (Wildman–Crippen MR) is 75.8 cm³/mol. The third-order valence-corrected chi connectivity index (χ3v) is 3.20. The lowest BCUT2D eigenvalue weighted by Crippen LogP contribution is -2.10. The smallest absolute Gasteiger partial charge is 0.127 e. The van der Waals surface area contributed by atoms with Gasteiger partial charge in [-0.1, -0.05) is 0 Å². The second-order valence-corrected chi connectivity index (χ2v) is 4.60. The summed E-state index contributed by atoms with van der Waals surface area (Å²) in [5.74, 6) is 1.59. The van der Waals surface area contributed by atoms with Crippen LogP contribution < -0.4 is 10.5 Å². The number of benzene rings is 2. The minimum atomic E-state index is 0.0610. The van der Waals surface area contributed by atoms with Crippen LogP contribution in [0.3, 0.4) is 0 Å². The maximum atomic E-state index is 7.31. The van der Waals surface area contributed by atoms with Gasteiger partial charge in [0.15, 0.2) is 0 Å². The Morgan fingerprint density at radius 2 is 1.50 bits per heavy atom.